The quantitative estimate of drug-likeness (QED) is 0.836. The molecule has 5 nitrogen and oxygen atoms in total. The van der Waals surface area contributed by atoms with E-state index in [1.165, 1.54) is 10.6 Å². The van der Waals surface area contributed by atoms with Gasteiger partial charge in [0.1, 0.15) is 5.75 Å². The zero-order valence-electron chi connectivity index (χ0n) is 11.0. The molecule has 0 saturated carbocycles. The minimum atomic E-state index is -3.12. The molecule has 0 spiro atoms. The molecule has 2 heterocycles. The van der Waals surface area contributed by atoms with E-state index in [1.54, 1.807) is 7.11 Å². The van der Waals surface area contributed by atoms with Crippen LogP contribution in [0.3, 0.4) is 0 Å². The first-order valence-corrected chi connectivity index (χ1v) is 7.95. The van der Waals surface area contributed by atoms with Crippen LogP contribution in [0.4, 0.5) is 0 Å². The molecule has 1 aliphatic rings. The van der Waals surface area contributed by atoms with Gasteiger partial charge in [-0.05, 0) is 24.3 Å². The molecule has 102 valence electrons. The standard InChI is InChI=1S/C13H16N2O3S/c1-18-12-3-4-13-10(8-12)7-11-9-14(19(2,16)17)5-6-15(11)13/h3-4,7-8H,5-6,9H2,1-2H3. The molecule has 2 aromatic rings. The Morgan fingerprint density at radius 2 is 2.00 bits per heavy atom. The lowest BCUT2D eigenvalue weighted by Gasteiger charge is -2.26. The lowest BCUT2D eigenvalue weighted by atomic mass is 10.2. The summed E-state index contributed by atoms with van der Waals surface area (Å²) in [6.07, 6.45) is 1.26. The highest BCUT2D eigenvalue weighted by atomic mass is 32.2. The average Bonchev–Trinajstić information content (AvgIpc) is 2.73. The van der Waals surface area contributed by atoms with Crippen molar-refractivity contribution in [1.29, 1.82) is 0 Å². The first kappa shape index (κ1) is 12.5. The van der Waals surface area contributed by atoms with E-state index in [-0.39, 0.29) is 0 Å². The summed E-state index contributed by atoms with van der Waals surface area (Å²) in [7, 11) is -1.48. The number of aromatic nitrogens is 1. The van der Waals surface area contributed by atoms with Gasteiger partial charge >= 0.3 is 0 Å². The summed E-state index contributed by atoms with van der Waals surface area (Å²) < 4.78 is 32.1. The highest BCUT2D eigenvalue weighted by Gasteiger charge is 2.24. The highest BCUT2D eigenvalue weighted by Crippen LogP contribution is 2.27. The van der Waals surface area contributed by atoms with Gasteiger partial charge in [0.2, 0.25) is 10.0 Å². The molecule has 0 aliphatic carbocycles. The maximum absolute atomic E-state index is 11.6. The van der Waals surface area contributed by atoms with E-state index in [0.29, 0.717) is 19.6 Å². The number of hydrogen-bond donors (Lipinski definition) is 0. The van der Waals surface area contributed by atoms with Crippen LogP contribution in [0.2, 0.25) is 0 Å². The van der Waals surface area contributed by atoms with Gasteiger partial charge in [0, 0.05) is 29.7 Å². The summed E-state index contributed by atoms with van der Waals surface area (Å²) in [5.74, 6) is 0.815. The molecule has 1 aromatic heterocycles. The molecule has 19 heavy (non-hydrogen) atoms. The fourth-order valence-corrected chi connectivity index (χ4v) is 3.36. The summed E-state index contributed by atoms with van der Waals surface area (Å²) >= 11 is 0. The van der Waals surface area contributed by atoms with Gasteiger partial charge in [-0.3, -0.25) is 0 Å². The Bertz CT molecular complexity index is 734. The number of sulfonamides is 1. The van der Waals surface area contributed by atoms with Crippen LogP contribution in [0.5, 0.6) is 5.75 Å². The van der Waals surface area contributed by atoms with Crippen molar-refractivity contribution in [3.63, 3.8) is 0 Å². The molecule has 0 N–H and O–H groups in total. The zero-order valence-corrected chi connectivity index (χ0v) is 11.8. The van der Waals surface area contributed by atoms with Crippen LogP contribution >= 0.6 is 0 Å². The van der Waals surface area contributed by atoms with Crippen LogP contribution in [0.25, 0.3) is 10.9 Å². The molecule has 1 aromatic carbocycles. The second kappa shape index (κ2) is 4.25. The summed E-state index contributed by atoms with van der Waals surface area (Å²) in [5.41, 5.74) is 2.16. The van der Waals surface area contributed by atoms with Gasteiger partial charge in [-0.1, -0.05) is 0 Å². The number of fused-ring (bicyclic) bond motifs is 3. The number of ether oxygens (including phenoxy) is 1. The maximum Gasteiger partial charge on any atom is 0.211 e. The van der Waals surface area contributed by atoms with Crippen molar-refractivity contribution in [3.8, 4) is 5.75 Å². The third-order valence-corrected chi connectivity index (χ3v) is 4.82. The molecule has 0 fully saturated rings. The number of nitrogens with zero attached hydrogens (tertiary/aromatic N) is 2. The third-order valence-electron chi connectivity index (χ3n) is 3.57. The van der Waals surface area contributed by atoms with E-state index < -0.39 is 10.0 Å². The Balaban J connectivity index is 2.07. The Morgan fingerprint density at radius 1 is 1.21 bits per heavy atom. The van der Waals surface area contributed by atoms with Crippen molar-refractivity contribution in [2.24, 2.45) is 0 Å². The largest absolute Gasteiger partial charge is 0.497 e. The molecule has 0 saturated heterocycles. The Kier molecular flexibility index (Phi) is 2.79. The summed E-state index contributed by atoms with van der Waals surface area (Å²) in [6, 6.07) is 7.97. The minimum absolute atomic E-state index is 0.440. The van der Waals surface area contributed by atoms with Crippen molar-refractivity contribution in [2.75, 3.05) is 19.9 Å². The van der Waals surface area contributed by atoms with Crippen molar-refractivity contribution >= 4 is 20.9 Å². The number of benzene rings is 1. The fourth-order valence-electron chi connectivity index (χ4n) is 2.58. The van der Waals surface area contributed by atoms with E-state index in [4.69, 9.17) is 4.74 Å². The van der Waals surface area contributed by atoms with Crippen molar-refractivity contribution in [1.82, 2.24) is 8.87 Å². The predicted octanol–water partition coefficient (Wildman–Crippen LogP) is 1.43. The van der Waals surface area contributed by atoms with Crippen LogP contribution in [0.1, 0.15) is 5.69 Å². The maximum atomic E-state index is 11.6. The van der Waals surface area contributed by atoms with Crippen LogP contribution in [-0.2, 0) is 23.1 Å². The van der Waals surface area contributed by atoms with Gasteiger partial charge in [0.15, 0.2) is 0 Å². The predicted molar refractivity (Wildman–Crippen MR) is 73.7 cm³/mol. The monoisotopic (exact) mass is 280 g/mol. The Labute approximate surface area is 112 Å². The van der Waals surface area contributed by atoms with Gasteiger partial charge in [-0.25, -0.2) is 8.42 Å². The molecular formula is C13H16N2O3S. The lowest BCUT2D eigenvalue weighted by molar-refractivity contribution is 0.348. The first-order chi connectivity index (χ1) is 8.99. The Morgan fingerprint density at radius 3 is 2.68 bits per heavy atom. The van der Waals surface area contributed by atoms with Crippen LogP contribution in [-0.4, -0.2) is 37.2 Å². The van der Waals surface area contributed by atoms with Gasteiger partial charge in [-0.2, -0.15) is 4.31 Å². The first-order valence-electron chi connectivity index (χ1n) is 6.10. The minimum Gasteiger partial charge on any atom is -0.497 e. The molecule has 0 amide bonds. The molecule has 1 aliphatic heterocycles. The van der Waals surface area contributed by atoms with Crippen LogP contribution < -0.4 is 4.74 Å². The molecular weight excluding hydrogens is 264 g/mol. The second-order valence-electron chi connectivity index (χ2n) is 4.81. The van der Waals surface area contributed by atoms with Crippen LogP contribution in [0.15, 0.2) is 24.3 Å². The fraction of sp³-hybridized carbons (Fsp3) is 0.385. The Hall–Kier alpha value is -1.53. The number of methoxy groups -OCH3 is 1. The van der Waals surface area contributed by atoms with Crippen LogP contribution in [0, 0.1) is 0 Å². The van der Waals surface area contributed by atoms with Crippen molar-refractivity contribution < 1.29 is 13.2 Å². The lowest BCUT2D eigenvalue weighted by Crippen LogP contribution is -2.37. The normalized spacial score (nSPS) is 16.5. The van der Waals surface area contributed by atoms with E-state index in [2.05, 4.69) is 4.57 Å². The molecule has 0 bridgehead atoms. The van der Waals surface area contributed by atoms with E-state index in [1.807, 2.05) is 24.3 Å². The SMILES string of the molecule is COc1ccc2c(c1)cc1n2CCN(S(C)(=O)=O)C1. The summed E-state index contributed by atoms with van der Waals surface area (Å²) in [4.78, 5) is 0. The van der Waals surface area contributed by atoms with E-state index >= 15 is 0 Å². The van der Waals surface area contributed by atoms with Gasteiger partial charge in [0.05, 0.1) is 19.9 Å². The summed E-state index contributed by atoms with van der Waals surface area (Å²) in [5, 5.41) is 1.09. The van der Waals surface area contributed by atoms with E-state index in [9.17, 15) is 8.42 Å². The zero-order chi connectivity index (χ0) is 13.6. The number of hydrogen-bond acceptors (Lipinski definition) is 3. The topological polar surface area (TPSA) is 51.5 Å². The van der Waals surface area contributed by atoms with Crippen molar-refractivity contribution in [2.45, 2.75) is 13.1 Å². The molecule has 0 atom stereocenters. The highest BCUT2D eigenvalue weighted by molar-refractivity contribution is 7.88. The third kappa shape index (κ3) is 2.11. The number of rotatable bonds is 2. The van der Waals surface area contributed by atoms with Gasteiger partial charge in [-0.15, -0.1) is 0 Å². The molecule has 0 unspecified atom stereocenters. The van der Waals surface area contributed by atoms with E-state index in [0.717, 1.165) is 22.3 Å². The average molecular weight is 280 g/mol. The summed E-state index contributed by atoms with van der Waals surface area (Å²) in [6.45, 7) is 1.66. The van der Waals surface area contributed by atoms with Gasteiger partial charge in [0.25, 0.3) is 0 Å². The van der Waals surface area contributed by atoms with Crippen molar-refractivity contribution in [3.05, 3.63) is 30.0 Å². The smallest absolute Gasteiger partial charge is 0.211 e. The second-order valence-corrected chi connectivity index (χ2v) is 6.79. The van der Waals surface area contributed by atoms with Gasteiger partial charge < -0.3 is 9.30 Å². The molecule has 0 radical (unpaired) electrons. The molecule has 3 rings (SSSR count). The molecule has 6 heteroatoms.